The minimum absolute atomic E-state index is 0.115. The van der Waals surface area contributed by atoms with Crippen molar-refractivity contribution in [3.8, 4) is 0 Å². The number of ether oxygens (including phenoxy) is 3. The number of carbonyl (C=O) groups excluding carboxylic acids is 1. The number of amides is 1. The van der Waals surface area contributed by atoms with Crippen molar-refractivity contribution in [3.63, 3.8) is 0 Å². The smallest absolute Gasteiger partial charge is 0.417 e. The quantitative estimate of drug-likeness (QED) is 0.276. The summed E-state index contributed by atoms with van der Waals surface area (Å²) < 4.78 is 44.1. The maximum Gasteiger partial charge on any atom is 0.417 e. The molecule has 8 nitrogen and oxygen atoms in total. The van der Waals surface area contributed by atoms with E-state index in [1.807, 2.05) is 0 Å². The van der Waals surface area contributed by atoms with Crippen molar-refractivity contribution in [1.29, 1.82) is 0 Å². The molecule has 0 saturated heterocycles. The van der Waals surface area contributed by atoms with E-state index in [1.165, 1.54) is 23.1 Å². The SMILES string of the molecule is COCCOCN(C(=O)OC(C)(C)C)C1=N[C@](C)(c2cc(N)ccc2F)C[SH](C)(=O)C1(C)C. The lowest BCUT2D eigenvalue weighted by Gasteiger charge is -2.49. The van der Waals surface area contributed by atoms with Gasteiger partial charge in [-0.25, -0.2) is 14.1 Å². The summed E-state index contributed by atoms with van der Waals surface area (Å²) in [6.07, 6.45) is 0.965. The first-order valence-corrected chi connectivity index (χ1v) is 13.2. The summed E-state index contributed by atoms with van der Waals surface area (Å²) in [4.78, 5) is 19.3. The number of nitrogens with zero attached hydrogens (tertiary/aromatic N) is 2. The maximum atomic E-state index is 14.9. The molecule has 0 bridgehead atoms. The molecule has 1 aromatic rings. The molecule has 1 aliphatic rings. The highest BCUT2D eigenvalue weighted by atomic mass is 32.2. The fraction of sp³-hybridized carbons (Fsp3) is 0.652. The number of halogens is 1. The molecule has 0 fully saturated rings. The van der Waals surface area contributed by atoms with Crippen molar-refractivity contribution in [3.05, 3.63) is 29.6 Å². The normalized spacial score (nSPS) is 22.9. The molecular formula is C23H38FN3O5S. The molecule has 0 aromatic heterocycles. The number of nitrogens with two attached hydrogens (primary N) is 1. The van der Waals surface area contributed by atoms with Crippen LogP contribution in [0.4, 0.5) is 14.9 Å². The molecule has 0 saturated carbocycles. The number of anilines is 1. The lowest BCUT2D eigenvalue weighted by molar-refractivity contribution is -0.00307. The lowest BCUT2D eigenvalue weighted by atomic mass is 9.92. The zero-order valence-electron chi connectivity index (χ0n) is 20.9. The molecule has 0 unspecified atom stereocenters. The van der Waals surface area contributed by atoms with Gasteiger partial charge in [-0.3, -0.25) is 9.20 Å². The van der Waals surface area contributed by atoms with Crippen LogP contribution in [-0.4, -0.2) is 70.4 Å². The van der Waals surface area contributed by atoms with Gasteiger partial charge in [0.15, 0.2) is 0 Å². The third-order valence-electron chi connectivity index (χ3n) is 5.78. The highest BCUT2D eigenvalue weighted by molar-refractivity contribution is 8.04. The molecule has 10 heteroatoms. The summed E-state index contributed by atoms with van der Waals surface area (Å²) in [6.45, 7) is 10.9. The van der Waals surface area contributed by atoms with Crippen LogP contribution in [0.5, 0.6) is 0 Å². The Morgan fingerprint density at radius 3 is 2.48 bits per heavy atom. The van der Waals surface area contributed by atoms with E-state index >= 15 is 0 Å². The molecule has 0 radical (unpaired) electrons. The zero-order chi connectivity index (χ0) is 25.2. The van der Waals surface area contributed by atoms with Crippen molar-refractivity contribution in [1.82, 2.24) is 4.90 Å². The van der Waals surface area contributed by atoms with Gasteiger partial charge in [-0.2, -0.15) is 0 Å². The van der Waals surface area contributed by atoms with E-state index in [-0.39, 0.29) is 30.5 Å². The van der Waals surface area contributed by atoms with Gasteiger partial charge in [0.2, 0.25) is 0 Å². The van der Waals surface area contributed by atoms with Gasteiger partial charge in [0.1, 0.15) is 24.0 Å². The molecule has 1 aromatic carbocycles. The molecule has 0 aliphatic carbocycles. The minimum Gasteiger partial charge on any atom is -0.443 e. The average Bonchev–Trinajstić information content (AvgIpc) is 2.65. The molecular weight excluding hydrogens is 449 g/mol. The molecule has 33 heavy (non-hydrogen) atoms. The summed E-state index contributed by atoms with van der Waals surface area (Å²) >= 11 is 0. The summed E-state index contributed by atoms with van der Waals surface area (Å²) in [7, 11) is -1.48. The number of benzene rings is 1. The molecule has 2 N–H and O–H groups in total. The predicted molar refractivity (Wildman–Crippen MR) is 131 cm³/mol. The second-order valence-electron chi connectivity index (χ2n) is 10.2. The van der Waals surface area contributed by atoms with Crippen LogP contribution >= 0.6 is 0 Å². The number of amidine groups is 1. The van der Waals surface area contributed by atoms with Crippen LogP contribution in [0.3, 0.4) is 0 Å². The Bertz CT molecular complexity index is 960. The highest BCUT2D eigenvalue weighted by Gasteiger charge is 2.51. The summed E-state index contributed by atoms with van der Waals surface area (Å²) in [6, 6.07) is 4.23. The number of nitrogen functional groups attached to an aromatic ring is 1. The first kappa shape index (κ1) is 27.2. The standard InChI is InChI=1S/C23H38FN3O5S/c1-21(2,3)32-20(28)27(15-31-12-11-30-7)19-22(4,5)33(8,29)14-23(6,26-19)17-13-16(25)9-10-18(17)24/h9-10,13,33H,11-12,14-15,25H2,1-8H3/t23-/m0/s1. The van der Waals surface area contributed by atoms with Gasteiger partial charge in [0.05, 0.1) is 23.5 Å². The van der Waals surface area contributed by atoms with Gasteiger partial charge in [-0.05, 0) is 66.0 Å². The first-order chi connectivity index (χ1) is 15.0. The van der Waals surface area contributed by atoms with Gasteiger partial charge in [-0.15, -0.1) is 0 Å². The summed E-state index contributed by atoms with van der Waals surface area (Å²) in [5.74, 6) is -0.172. The van der Waals surface area contributed by atoms with Crippen LogP contribution in [0.2, 0.25) is 0 Å². The van der Waals surface area contributed by atoms with E-state index in [1.54, 1.807) is 54.9 Å². The maximum absolute atomic E-state index is 14.9. The Morgan fingerprint density at radius 1 is 1.27 bits per heavy atom. The molecule has 0 spiro atoms. The van der Waals surface area contributed by atoms with Gasteiger partial charge < -0.3 is 19.9 Å². The summed E-state index contributed by atoms with van der Waals surface area (Å²) in [5.41, 5.74) is 4.53. The monoisotopic (exact) mass is 487 g/mol. The highest BCUT2D eigenvalue weighted by Crippen LogP contribution is 2.42. The lowest BCUT2D eigenvalue weighted by Crippen LogP contribution is -2.61. The average molecular weight is 488 g/mol. The third-order valence-corrected chi connectivity index (χ3v) is 9.57. The van der Waals surface area contributed by atoms with E-state index in [2.05, 4.69) is 0 Å². The number of hydrogen-bond donors (Lipinski definition) is 2. The van der Waals surface area contributed by atoms with E-state index in [0.29, 0.717) is 12.3 Å². The molecule has 2 rings (SSSR count). The fourth-order valence-corrected chi connectivity index (χ4v) is 6.11. The largest absolute Gasteiger partial charge is 0.443 e. The molecule has 188 valence electrons. The predicted octanol–water partition coefficient (Wildman–Crippen LogP) is 3.32. The van der Waals surface area contributed by atoms with E-state index in [0.717, 1.165) is 0 Å². The van der Waals surface area contributed by atoms with E-state index < -0.39 is 37.7 Å². The van der Waals surface area contributed by atoms with Crippen molar-refractivity contribution >= 4 is 27.5 Å². The van der Waals surface area contributed by atoms with Crippen LogP contribution in [0.15, 0.2) is 23.2 Å². The van der Waals surface area contributed by atoms with Crippen molar-refractivity contribution in [2.24, 2.45) is 4.99 Å². The van der Waals surface area contributed by atoms with Crippen LogP contribution < -0.4 is 5.73 Å². The Balaban J connectivity index is 2.66. The van der Waals surface area contributed by atoms with Crippen LogP contribution in [0.25, 0.3) is 0 Å². The Labute approximate surface area is 197 Å². The topological polar surface area (TPSA) is 103 Å². The van der Waals surface area contributed by atoms with Gasteiger partial charge in [0.25, 0.3) is 0 Å². The van der Waals surface area contributed by atoms with Crippen LogP contribution in [-0.2, 0) is 29.7 Å². The number of carbonyl (C=O) groups is 1. The molecule has 1 atom stereocenters. The fourth-order valence-electron chi connectivity index (χ4n) is 3.71. The van der Waals surface area contributed by atoms with Crippen LogP contribution in [0, 0.1) is 5.82 Å². The third kappa shape index (κ3) is 6.10. The Morgan fingerprint density at radius 2 is 1.91 bits per heavy atom. The van der Waals surface area contributed by atoms with E-state index in [9.17, 15) is 13.4 Å². The number of rotatable bonds is 6. The number of aliphatic imine (C=N–C) groups is 1. The summed E-state index contributed by atoms with van der Waals surface area (Å²) in [5, 5.41) is 0. The zero-order valence-corrected chi connectivity index (χ0v) is 21.8. The number of thiol groups is 1. The van der Waals surface area contributed by atoms with Crippen molar-refractivity contribution < 1.29 is 27.6 Å². The minimum atomic E-state index is -3.03. The van der Waals surface area contributed by atoms with Crippen molar-refractivity contribution in [2.45, 2.75) is 57.4 Å². The first-order valence-electron chi connectivity index (χ1n) is 10.8. The number of hydrogen-bond acceptors (Lipinski definition) is 7. The van der Waals surface area contributed by atoms with Crippen LogP contribution in [0.1, 0.15) is 47.1 Å². The second-order valence-corrected chi connectivity index (χ2v) is 13.8. The number of methoxy groups -OCH3 is 1. The Hall–Kier alpha value is -2.04. The molecule has 1 aliphatic heterocycles. The van der Waals surface area contributed by atoms with Gasteiger partial charge in [-0.1, -0.05) is 9.93 Å². The van der Waals surface area contributed by atoms with Gasteiger partial charge >= 0.3 is 6.09 Å². The van der Waals surface area contributed by atoms with E-state index in [4.69, 9.17) is 24.9 Å². The van der Waals surface area contributed by atoms with Gasteiger partial charge in [0, 0.05) is 24.1 Å². The molecule has 1 amide bonds. The second kappa shape index (κ2) is 9.68. The van der Waals surface area contributed by atoms with Crippen molar-refractivity contribution in [2.75, 3.05) is 44.8 Å². The Kier molecular flexibility index (Phi) is 7.98. The molecule has 1 heterocycles.